The van der Waals surface area contributed by atoms with E-state index in [2.05, 4.69) is 5.32 Å². The molecule has 98 valence electrons. The first kappa shape index (κ1) is 12.6. The fourth-order valence-corrected chi connectivity index (χ4v) is 2.30. The number of ether oxygens (including phenoxy) is 2. The van der Waals surface area contributed by atoms with Crippen molar-refractivity contribution in [1.82, 2.24) is 10.2 Å². The molecule has 2 aliphatic rings. The first-order chi connectivity index (χ1) is 7.90. The lowest BCUT2D eigenvalue weighted by Crippen LogP contribution is -2.58. The van der Waals surface area contributed by atoms with Crippen LogP contribution in [0.15, 0.2) is 0 Å². The van der Waals surface area contributed by atoms with E-state index in [4.69, 9.17) is 9.47 Å². The highest BCUT2D eigenvalue weighted by Crippen LogP contribution is 2.26. The summed E-state index contributed by atoms with van der Waals surface area (Å²) in [6.45, 7) is 8.38. The number of nitrogens with one attached hydrogen (secondary N) is 1. The van der Waals surface area contributed by atoms with Crippen LogP contribution in [0.2, 0.25) is 0 Å². The van der Waals surface area contributed by atoms with Crippen LogP contribution in [0.1, 0.15) is 33.6 Å². The summed E-state index contributed by atoms with van der Waals surface area (Å²) in [5.41, 5.74) is -0.763. The van der Waals surface area contributed by atoms with Crippen LogP contribution in [0.3, 0.4) is 0 Å². The van der Waals surface area contributed by atoms with Gasteiger partial charge in [-0.2, -0.15) is 0 Å². The molecule has 17 heavy (non-hydrogen) atoms. The van der Waals surface area contributed by atoms with Crippen LogP contribution in [0.4, 0.5) is 4.79 Å². The lowest BCUT2D eigenvalue weighted by atomic mass is 10.1. The van der Waals surface area contributed by atoms with Crippen molar-refractivity contribution in [3.8, 4) is 0 Å². The second-order valence-corrected chi connectivity index (χ2v) is 5.77. The van der Waals surface area contributed by atoms with Crippen LogP contribution in [-0.2, 0) is 9.47 Å². The maximum absolute atomic E-state index is 12.0. The zero-order valence-electron chi connectivity index (χ0n) is 10.9. The molecular formula is C12H22N2O3. The van der Waals surface area contributed by atoms with Gasteiger partial charge in [0, 0.05) is 6.54 Å². The zero-order valence-corrected chi connectivity index (χ0v) is 10.9. The lowest BCUT2D eigenvalue weighted by Gasteiger charge is -2.40. The minimum absolute atomic E-state index is 0.242. The Balaban J connectivity index is 1.95. The van der Waals surface area contributed by atoms with Crippen LogP contribution in [-0.4, -0.2) is 48.6 Å². The van der Waals surface area contributed by atoms with Gasteiger partial charge in [-0.05, 0) is 40.2 Å². The van der Waals surface area contributed by atoms with Gasteiger partial charge in [-0.25, -0.2) is 4.79 Å². The maximum atomic E-state index is 12.0. The molecule has 2 saturated heterocycles. The largest absolute Gasteiger partial charge is 0.444 e. The molecule has 2 heterocycles. The Morgan fingerprint density at radius 3 is 2.82 bits per heavy atom. The third-order valence-corrected chi connectivity index (χ3v) is 3.04. The first-order valence-corrected chi connectivity index (χ1v) is 6.27. The predicted octanol–water partition coefficient (Wildman–Crippen LogP) is 1.33. The third-order valence-electron chi connectivity index (χ3n) is 3.04. The van der Waals surface area contributed by atoms with Crippen molar-refractivity contribution < 1.29 is 14.3 Å². The number of amides is 1. The summed E-state index contributed by atoms with van der Waals surface area (Å²) >= 11 is 0. The van der Waals surface area contributed by atoms with Crippen molar-refractivity contribution in [2.75, 3.05) is 26.2 Å². The molecule has 2 aliphatic heterocycles. The molecule has 0 aromatic heterocycles. The average molecular weight is 242 g/mol. The average Bonchev–Trinajstić information content (AvgIpc) is 2.64. The quantitative estimate of drug-likeness (QED) is 0.696. The van der Waals surface area contributed by atoms with Crippen molar-refractivity contribution in [2.24, 2.45) is 0 Å². The fourth-order valence-electron chi connectivity index (χ4n) is 2.30. The van der Waals surface area contributed by atoms with Crippen LogP contribution in [0.25, 0.3) is 0 Å². The van der Waals surface area contributed by atoms with E-state index >= 15 is 0 Å². The van der Waals surface area contributed by atoms with E-state index in [0.717, 1.165) is 19.4 Å². The van der Waals surface area contributed by atoms with Gasteiger partial charge in [0.1, 0.15) is 11.3 Å². The molecule has 1 atom stereocenters. The molecular weight excluding hydrogens is 220 g/mol. The van der Waals surface area contributed by atoms with Crippen LogP contribution in [0, 0.1) is 0 Å². The molecule has 1 N–H and O–H groups in total. The maximum Gasteiger partial charge on any atom is 0.410 e. The Bertz CT molecular complexity index is 293. The van der Waals surface area contributed by atoms with Gasteiger partial charge in [0.25, 0.3) is 0 Å². The normalized spacial score (nSPS) is 29.7. The Morgan fingerprint density at radius 1 is 1.47 bits per heavy atom. The van der Waals surface area contributed by atoms with Gasteiger partial charge in [-0.15, -0.1) is 0 Å². The van der Waals surface area contributed by atoms with E-state index in [9.17, 15) is 4.79 Å². The molecule has 0 radical (unpaired) electrons. The van der Waals surface area contributed by atoms with E-state index in [-0.39, 0.29) is 11.8 Å². The van der Waals surface area contributed by atoms with Crippen molar-refractivity contribution in [3.05, 3.63) is 0 Å². The standard InChI is InChI=1S/C12H22N2O3/c1-11(2,3)17-10(15)14-7-8-16-12(9-14)5-4-6-13-12/h13H,4-9H2,1-3H3. The summed E-state index contributed by atoms with van der Waals surface area (Å²) in [7, 11) is 0. The Kier molecular flexibility index (Phi) is 3.32. The van der Waals surface area contributed by atoms with Gasteiger partial charge in [0.2, 0.25) is 0 Å². The van der Waals surface area contributed by atoms with Crippen LogP contribution < -0.4 is 5.32 Å². The van der Waals surface area contributed by atoms with Gasteiger partial charge in [-0.3, -0.25) is 5.32 Å². The minimum atomic E-state index is -0.439. The van der Waals surface area contributed by atoms with Gasteiger partial charge in [0.15, 0.2) is 0 Å². The highest BCUT2D eigenvalue weighted by molar-refractivity contribution is 5.68. The molecule has 0 aliphatic carbocycles. The number of hydrogen-bond donors (Lipinski definition) is 1. The molecule has 1 spiro atoms. The summed E-state index contributed by atoms with van der Waals surface area (Å²) in [6, 6.07) is 0. The lowest BCUT2D eigenvalue weighted by molar-refractivity contribution is -0.117. The summed E-state index contributed by atoms with van der Waals surface area (Å²) in [4.78, 5) is 13.7. The molecule has 5 nitrogen and oxygen atoms in total. The first-order valence-electron chi connectivity index (χ1n) is 6.27. The second-order valence-electron chi connectivity index (χ2n) is 5.77. The second kappa shape index (κ2) is 4.46. The number of nitrogens with zero attached hydrogens (tertiary/aromatic N) is 1. The molecule has 2 fully saturated rings. The highest BCUT2D eigenvalue weighted by atomic mass is 16.6. The molecule has 0 aromatic carbocycles. The van der Waals surface area contributed by atoms with E-state index in [1.54, 1.807) is 4.90 Å². The van der Waals surface area contributed by atoms with Gasteiger partial charge < -0.3 is 14.4 Å². The van der Waals surface area contributed by atoms with E-state index in [1.165, 1.54) is 0 Å². The number of morpholine rings is 1. The van der Waals surface area contributed by atoms with Gasteiger partial charge >= 0.3 is 6.09 Å². The summed E-state index contributed by atoms with van der Waals surface area (Å²) < 4.78 is 11.2. The molecule has 0 bridgehead atoms. The zero-order chi connectivity index (χ0) is 12.5. The Labute approximate surface area is 102 Å². The van der Waals surface area contributed by atoms with Crippen molar-refractivity contribution in [1.29, 1.82) is 0 Å². The van der Waals surface area contributed by atoms with Crippen molar-refractivity contribution >= 4 is 6.09 Å². The molecule has 2 rings (SSSR count). The van der Waals surface area contributed by atoms with Gasteiger partial charge in [0.05, 0.1) is 13.2 Å². The number of rotatable bonds is 0. The SMILES string of the molecule is CC(C)(C)OC(=O)N1CCOC2(CCCN2)C1. The predicted molar refractivity (Wildman–Crippen MR) is 63.7 cm³/mol. The van der Waals surface area contributed by atoms with Crippen molar-refractivity contribution in [3.63, 3.8) is 0 Å². The number of carbonyl (C=O) groups excluding carboxylic acids is 1. The minimum Gasteiger partial charge on any atom is -0.444 e. The molecule has 5 heteroatoms. The number of carbonyl (C=O) groups is 1. The topological polar surface area (TPSA) is 50.8 Å². The third kappa shape index (κ3) is 3.10. The van der Waals surface area contributed by atoms with E-state index in [0.29, 0.717) is 19.7 Å². The summed E-state index contributed by atoms with van der Waals surface area (Å²) in [6.07, 6.45) is 1.82. The van der Waals surface area contributed by atoms with Crippen LogP contribution >= 0.6 is 0 Å². The Morgan fingerprint density at radius 2 is 2.24 bits per heavy atom. The van der Waals surface area contributed by atoms with E-state index < -0.39 is 5.60 Å². The molecule has 0 aromatic rings. The summed E-state index contributed by atoms with van der Waals surface area (Å²) in [5, 5.41) is 3.35. The smallest absolute Gasteiger partial charge is 0.410 e. The van der Waals surface area contributed by atoms with Gasteiger partial charge in [-0.1, -0.05) is 0 Å². The molecule has 1 amide bonds. The molecule has 1 unspecified atom stereocenters. The monoisotopic (exact) mass is 242 g/mol. The molecule has 0 saturated carbocycles. The number of hydrogen-bond acceptors (Lipinski definition) is 4. The summed E-state index contributed by atoms with van der Waals surface area (Å²) in [5.74, 6) is 0. The highest BCUT2D eigenvalue weighted by Gasteiger charge is 2.41. The fraction of sp³-hybridized carbons (Fsp3) is 0.917. The van der Waals surface area contributed by atoms with Crippen LogP contribution in [0.5, 0.6) is 0 Å². The Hall–Kier alpha value is -0.810. The van der Waals surface area contributed by atoms with Crippen molar-refractivity contribution in [2.45, 2.75) is 44.9 Å². The van der Waals surface area contributed by atoms with E-state index in [1.807, 2.05) is 20.8 Å².